The lowest BCUT2D eigenvalue weighted by Crippen LogP contribution is -2.34. The lowest BCUT2D eigenvalue weighted by atomic mass is 9.94. The molecule has 1 aliphatic rings. The van der Waals surface area contributed by atoms with E-state index in [1.54, 1.807) is 0 Å². The first-order valence-electron chi connectivity index (χ1n) is 5.74. The first-order valence-corrected chi connectivity index (χ1v) is 5.74. The van der Waals surface area contributed by atoms with Gasteiger partial charge < -0.3 is 20.2 Å². The normalized spacial score (nSPS) is 24.4. The summed E-state index contributed by atoms with van der Waals surface area (Å²) in [7, 11) is 1.42. The minimum absolute atomic E-state index is 0.0157. The van der Waals surface area contributed by atoms with E-state index >= 15 is 0 Å². The summed E-state index contributed by atoms with van der Waals surface area (Å²) in [6.07, 6.45) is 5.12. The number of rotatable bonds is 3. The van der Waals surface area contributed by atoms with Crippen LogP contribution in [0, 0.1) is 0 Å². The fourth-order valence-electron chi connectivity index (χ4n) is 2.08. The molecule has 6 nitrogen and oxygen atoms in total. The van der Waals surface area contributed by atoms with Crippen molar-refractivity contribution >= 4 is 0 Å². The van der Waals surface area contributed by atoms with Crippen LogP contribution in [0.5, 0.6) is 11.6 Å². The zero-order valence-corrected chi connectivity index (χ0v) is 9.81. The Morgan fingerprint density at radius 2 is 2.35 bits per heavy atom. The summed E-state index contributed by atoms with van der Waals surface area (Å²) in [5.41, 5.74) is 5.54. The third-order valence-corrected chi connectivity index (χ3v) is 2.93. The van der Waals surface area contributed by atoms with Crippen molar-refractivity contribution in [1.82, 2.24) is 9.97 Å². The molecule has 0 radical (unpaired) electrons. The van der Waals surface area contributed by atoms with Gasteiger partial charge in [-0.2, -0.15) is 0 Å². The molecule has 0 aromatic carbocycles. The van der Waals surface area contributed by atoms with E-state index < -0.39 is 0 Å². The summed E-state index contributed by atoms with van der Waals surface area (Å²) >= 11 is 0. The van der Waals surface area contributed by atoms with Crippen LogP contribution in [0.25, 0.3) is 0 Å². The molecule has 17 heavy (non-hydrogen) atoms. The zero-order chi connectivity index (χ0) is 12.3. The average Bonchev–Trinajstić information content (AvgIpc) is 2.29. The number of nitrogens with two attached hydrogens (primary N) is 1. The van der Waals surface area contributed by atoms with E-state index in [4.69, 9.17) is 15.2 Å². The third-order valence-electron chi connectivity index (χ3n) is 2.93. The molecule has 1 fully saturated rings. The van der Waals surface area contributed by atoms with Crippen molar-refractivity contribution in [3.8, 4) is 11.6 Å². The molecule has 2 unspecified atom stereocenters. The second-order valence-corrected chi connectivity index (χ2v) is 4.24. The Kier molecular flexibility index (Phi) is 3.63. The molecule has 0 bridgehead atoms. The zero-order valence-electron chi connectivity index (χ0n) is 9.81. The molecule has 1 saturated carbocycles. The number of ether oxygens (including phenoxy) is 2. The molecule has 2 rings (SSSR count). The van der Waals surface area contributed by atoms with Gasteiger partial charge in [-0.1, -0.05) is 0 Å². The second-order valence-electron chi connectivity index (χ2n) is 4.24. The second kappa shape index (κ2) is 5.18. The Morgan fingerprint density at radius 1 is 1.53 bits per heavy atom. The Morgan fingerprint density at radius 3 is 3.06 bits per heavy atom. The van der Waals surface area contributed by atoms with Gasteiger partial charge in [-0.05, 0) is 25.7 Å². The van der Waals surface area contributed by atoms with Crippen molar-refractivity contribution < 1.29 is 9.47 Å². The highest BCUT2D eigenvalue weighted by atomic mass is 16.5. The number of methoxy groups -OCH3 is 1. The number of aromatic nitrogens is 2. The van der Waals surface area contributed by atoms with Crippen molar-refractivity contribution in [1.29, 1.82) is 0 Å². The van der Waals surface area contributed by atoms with Gasteiger partial charge in [-0.15, -0.1) is 0 Å². The predicted molar refractivity (Wildman–Crippen MR) is 62.3 cm³/mol. The Bertz CT molecular complexity index is 432. The highest BCUT2D eigenvalue weighted by Gasteiger charge is 2.23. The molecule has 1 aromatic rings. The van der Waals surface area contributed by atoms with E-state index in [-0.39, 0.29) is 29.3 Å². The van der Waals surface area contributed by atoms with Gasteiger partial charge in [-0.25, -0.2) is 4.98 Å². The highest BCUT2D eigenvalue weighted by Crippen LogP contribution is 2.25. The van der Waals surface area contributed by atoms with Crippen molar-refractivity contribution in [3.63, 3.8) is 0 Å². The van der Waals surface area contributed by atoms with E-state index in [2.05, 4.69) is 9.97 Å². The predicted octanol–water partition coefficient (Wildman–Crippen LogP) is 0.427. The number of H-pyrrole nitrogens is 1. The molecule has 1 heterocycles. The van der Waals surface area contributed by atoms with Crippen molar-refractivity contribution in [2.45, 2.75) is 37.8 Å². The fourth-order valence-corrected chi connectivity index (χ4v) is 2.08. The standard InChI is InChI=1S/C11H17N3O3/c1-16-9-10(15)13-6-14-11(9)17-8-4-2-3-7(12)5-8/h6-8H,2-5,12H2,1H3,(H,13,14,15). The average molecular weight is 239 g/mol. The number of hydrogen-bond donors (Lipinski definition) is 2. The maximum absolute atomic E-state index is 11.5. The highest BCUT2D eigenvalue weighted by molar-refractivity contribution is 5.29. The van der Waals surface area contributed by atoms with Gasteiger partial charge in [0.1, 0.15) is 6.10 Å². The molecule has 0 spiro atoms. The summed E-state index contributed by atoms with van der Waals surface area (Å²) in [6, 6.07) is 0.168. The molecule has 0 saturated heterocycles. The van der Waals surface area contributed by atoms with Crippen LogP contribution < -0.4 is 20.8 Å². The SMILES string of the molecule is COc1c(OC2CCCC(N)C2)nc[nH]c1=O. The summed E-state index contributed by atoms with van der Waals surface area (Å²) in [5, 5.41) is 0. The molecule has 3 N–H and O–H groups in total. The van der Waals surface area contributed by atoms with Gasteiger partial charge in [0, 0.05) is 6.04 Å². The van der Waals surface area contributed by atoms with Gasteiger partial charge in [0.15, 0.2) is 0 Å². The van der Waals surface area contributed by atoms with Gasteiger partial charge in [0.2, 0.25) is 5.75 Å². The molecule has 0 aliphatic heterocycles. The lowest BCUT2D eigenvalue weighted by Gasteiger charge is -2.26. The first kappa shape index (κ1) is 11.9. The molecular formula is C11H17N3O3. The molecule has 0 amide bonds. The van der Waals surface area contributed by atoms with Crippen molar-refractivity contribution in [2.75, 3.05) is 7.11 Å². The van der Waals surface area contributed by atoms with Crippen LogP contribution in [0.3, 0.4) is 0 Å². The van der Waals surface area contributed by atoms with E-state index in [1.165, 1.54) is 13.4 Å². The fraction of sp³-hybridized carbons (Fsp3) is 0.636. The molecular weight excluding hydrogens is 222 g/mol. The van der Waals surface area contributed by atoms with E-state index in [0.29, 0.717) is 0 Å². The van der Waals surface area contributed by atoms with Crippen LogP contribution in [0.2, 0.25) is 0 Å². The van der Waals surface area contributed by atoms with Crippen LogP contribution in [0.1, 0.15) is 25.7 Å². The maximum atomic E-state index is 11.5. The van der Waals surface area contributed by atoms with Crippen molar-refractivity contribution in [2.24, 2.45) is 5.73 Å². The number of hydrogen-bond acceptors (Lipinski definition) is 5. The number of aromatic amines is 1. The minimum Gasteiger partial charge on any atom is -0.487 e. The Balaban J connectivity index is 2.12. The summed E-state index contributed by atoms with van der Waals surface area (Å²) < 4.78 is 10.7. The van der Waals surface area contributed by atoms with Gasteiger partial charge in [-0.3, -0.25) is 4.79 Å². The molecule has 1 aromatic heterocycles. The lowest BCUT2D eigenvalue weighted by molar-refractivity contribution is 0.133. The number of nitrogens with zero attached hydrogens (tertiary/aromatic N) is 1. The Labute approximate surface area is 99.1 Å². The summed E-state index contributed by atoms with van der Waals surface area (Å²) in [5.74, 6) is 0.363. The monoisotopic (exact) mass is 239 g/mol. The maximum Gasteiger partial charge on any atom is 0.297 e. The summed E-state index contributed by atoms with van der Waals surface area (Å²) in [6.45, 7) is 0. The van der Waals surface area contributed by atoms with E-state index in [0.717, 1.165) is 25.7 Å². The van der Waals surface area contributed by atoms with Gasteiger partial charge in [0.05, 0.1) is 13.4 Å². The van der Waals surface area contributed by atoms with Crippen molar-refractivity contribution in [3.05, 3.63) is 16.7 Å². The van der Waals surface area contributed by atoms with Crippen LogP contribution in [0.4, 0.5) is 0 Å². The molecule has 1 aliphatic carbocycles. The Hall–Kier alpha value is -1.56. The summed E-state index contributed by atoms with van der Waals surface area (Å²) in [4.78, 5) is 17.9. The topological polar surface area (TPSA) is 90.2 Å². The van der Waals surface area contributed by atoms with Crippen LogP contribution >= 0.6 is 0 Å². The van der Waals surface area contributed by atoms with Gasteiger partial charge >= 0.3 is 0 Å². The van der Waals surface area contributed by atoms with E-state index in [1.807, 2.05) is 0 Å². The smallest absolute Gasteiger partial charge is 0.297 e. The number of nitrogens with one attached hydrogen (secondary N) is 1. The molecule has 2 atom stereocenters. The third kappa shape index (κ3) is 2.76. The largest absolute Gasteiger partial charge is 0.487 e. The van der Waals surface area contributed by atoms with Crippen LogP contribution in [-0.4, -0.2) is 29.2 Å². The quantitative estimate of drug-likeness (QED) is 0.798. The van der Waals surface area contributed by atoms with Crippen LogP contribution in [0.15, 0.2) is 11.1 Å². The van der Waals surface area contributed by atoms with Gasteiger partial charge in [0.25, 0.3) is 11.4 Å². The molecule has 6 heteroatoms. The first-order chi connectivity index (χ1) is 8.20. The van der Waals surface area contributed by atoms with Crippen LogP contribution in [-0.2, 0) is 0 Å². The van der Waals surface area contributed by atoms with E-state index in [9.17, 15) is 4.79 Å². The minimum atomic E-state index is -0.336. The molecule has 94 valence electrons.